The van der Waals surface area contributed by atoms with E-state index in [1.54, 1.807) is 19.5 Å². The van der Waals surface area contributed by atoms with E-state index in [9.17, 15) is 5.11 Å². The van der Waals surface area contributed by atoms with Gasteiger partial charge in [-0.05, 0) is 30.7 Å². The van der Waals surface area contributed by atoms with Gasteiger partial charge in [0.1, 0.15) is 11.6 Å². The molecule has 0 spiro atoms. The monoisotopic (exact) mass is 377 g/mol. The van der Waals surface area contributed by atoms with Crippen LogP contribution < -0.4 is 15.4 Å². The van der Waals surface area contributed by atoms with E-state index < -0.39 is 0 Å². The summed E-state index contributed by atoms with van der Waals surface area (Å²) in [5.41, 5.74) is 4.27. The molecule has 2 aromatic heterocycles. The second-order valence-electron chi connectivity index (χ2n) is 7.26. The Morgan fingerprint density at radius 3 is 2.89 bits per heavy atom. The lowest BCUT2D eigenvalue weighted by Crippen LogP contribution is -2.28. The van der Waals surface area contributed by atoms with E-state index >= 15 is 0 Å². The molecular formula is C21H23N5O2. The number of aliphatic hydroxyl groups excluding tert-OH is 1. The van der Waals surface area contributed by atoms with E-state index in [-0.39, 0.29) is 12.0 Å². The molecule has 0 bridgehead atoms. The van der Waals surface area contributed by atoms with Crippen molar-refractivity contribution >= 4 is 17.5 Å². The third kappa shape index (κ3) is 3.25. The molecule has 1 atom stereocenters. The van der Waals surface area contributed by atoms with Crippen LogP contribution in [-0.2, 0) is 5.41 Å². The molecule has 1 unspecified atom stereocenters. The summed E-state index contributed by atoms with van der Waals surface area (Å²) in [5, 5.41) is 16.3. The topological polar surface area (TPSA) is 92.2 Å². The number of ether oxygens (including phenoxy) is 1. The Morgan fingerprint density at radius 1 is 1.25 bits per heavy atom. The van der Waals surface area contributed by atoms with Gasteiger partial charge in [-0.1, -0.05) is 13.0 Å². The van der Waals surface area contributed by atoms with Crippen LogP contribution in [0.1, 0.15) is 18.1 Å². The van der Waals surface area contributed by atoms with Crippen molar-refractivity contribution in [3.8, 4) is 17.0 Å². The number of hydrogen-bond donors (Lipinski definition) is 3. The molecule has 7 heteroatoms. The van der Waals surface area contributed by atoms with Gasteiger partial charge in [0.05, 0.1) is 19.4 Å². The van der Waals surface area contributed by atoms with Gasteiger partial charge < -0.3 is 20.5 Å². The smallest absolute Gasteiger partial charge is 0.227 e. The Morgan fingerprint density at radius 2 is 2.11 bits per heavy atom. The molecular weight excluding hydrogens is 354 g/mol. The summed E-state index contributed by atoms with van der Waals surface area (Å²) in [6.45, 7) is 4.76. The van der Waals surface area contributed by atoms with Crippen LogP contribution in [0, 0.1) is 6.92 Å². The average molecular weight is 377 g/mol. The molecule has 0 aliphatic carbocycles. The zero-order valence-electron chi connectivity index (χ0n) is 16.2. The van der Waals surface area contributed by atoms with E-state index in [1.807, 2.05) is 44.2 Å². The van der Waals surface area contributed by atoms with Gasteiger partial charge in [-0.2, -0.15) is 0 Å². The second kappa shape index (κ2) is 7.09. The minimum absolute atomic E-state index is 0.0594. The summed E-state index contributed by atoms with van der Waals surface area (Å²) in [4.78, 5) is 13.5. The first-order valence-corrected chi connectivity index (χ1v) is 9.13. The first-order chi connectivity index (χ1) is 13.5. The first kappa shape index (κ1) is 18.2. The average Bonchev–Trinajstić information content (AvgIpc) is 3.07. The maximum atomic E-state index is 9.80. The van der Waals surface area contributed by atoms with Gasteiger partial charge in [-0.25, -0.2) is 15.0 Å². The maximum absolute atomic E-state index is 9.80. The largest absolute Gasteiger partial charge is 0.497 e. The molecule has 144 valence electrons. The van der Waals surface area contributed by atoms with Crippen LogP contribution in [0.15, 0.2) is 42.7 Å². The van der Waals surface area contributed by atoms with Gasteiger partial charge in [0, 0.05) is 47.2 Å². The van der Waals surface area contributed by atoms with E-state index in [2.05, 4.69) is 25.6 Å². The van der Waals surface area contributed by atoms with E-state index in [0.717, 1.165) is 39.6 Å². The molecule has 1 aliphatic heterocycles. The lowest BCUT2D eigenvalue weighted by atomic mass is 9.85. The maximum Gasteiger partial charge on any atom is 0.227 e. The highest BCUT2D eigenvalue weighted by molar-refractivity contribution is 5.68. The van der Waals surface area contributed by atoms with Crippen LogP contribution in [-0.4, -0.2) is 40.3 Å². The van der Waals surface area contributed by atoms with Crippen LogP contribution in [0.4, 0.5) is 17.5 Å². The number of hydrogen-bond acceptors (Lipinski definition) is 7. The number of anilines is 3. The quantitative estimate of drug-likeness (QED) is 0.628. The summed E-state index contributed by atoms with van der Waals surface area (Å²) < 4.78 is 5.30. The number of benzene rings is 1. The fraction of sp³-hybridized carbons (Fsp3) is 0.286. The molecule has 3 N–H and O–H groups in total. The first-order valence-electron chi connectivity index (χ1n) is 9.13. The second-order valence-corrected chi connectivity index (χ2v) is 7.26. The van der Waals surface area contributed by atoms with Crippen LogP contribution in [0.2, 0.25) is 0 Å². The van der Waals surface area contributed by atoms with Crippen molar-refractivity contribution in [1.82, 2.24) is 15.0 Å². The van der Waals surface area contributed by atoms with Crippen molar-refractivity contribution < 1.29 is 9.84 Å². The van der Waals surface area contributed by atoms with Crippen molar-refractivity contribution in [3.63, 3.8) is 0 Å². The van der Waals surface area contributed by atoms with Crippen LogP contribution in [0.5, 0.6) is 5.75 Å². The van der Waals surface area contributed by atoms with Gasteiger partial charge in [-0.15, -0.1) is 0 Å². The summed E-state index contributed by atoms with van der Waals surface area (Å²) in [5.74, 6) is 2.08. The molecule has 0 saturated carbocycles. The Labute approximate surface area is 163 Å². The molecule has 0 radical (unpaired) electrons. The van der Waals surface area contributed by atoms with Gasteiger partial charge >= 0.3 is 0 Å². The number of aromatic nitrogens is 3. The molecule has 0 amide bonds. The summed E-state index contributed by atoms with van der Waals surface area (Å²) >= 11 is 0. The normalized spacial score (nSPS) is 17.7. The molecule has 28 heavy (non-hydrogen) atoms. The van der Waals surface area contributed by atoms with Gasteiger partial charge in [0.25, 0.3) is 0 Å². The standard InChI is InChI=1S/C21H23N5O2/c1-13-4-5-15(28-3)9-18(13)26-20-22-7-6-17(25-20)14-8-16-19(23-10-14)24-11-21(16,2)12-27/h4-10,27H,11-12H2,1-3H3,(H,23,24)(H,22,25,26). The number of nitrogens with one attached hydrogen (secondary N) is 2. The molecule has 4 rings (SSSR count). The van der Waals surface area contributed by atoms with Crippen molar-refractivity contribution in [2.75, 3.05) is 30.9 Å². The third-order valence-corrected chi connectivity index (χ3v) is 5.18. The van der Waals surface area contributed by atoms with Gasteiger partial charge in [0.15, 0.2) is 0 Å². The number of aryl methyl sites for hydroxylation is 1. The number of rotatable bonds is 5. The summed E-state index contributed by atoms with van der Waals surface area (Å²) in [6.07, 6.45) is 3.51. The summed E-state index contributed by atoms with van der Waals surface area (Å²) in [6, 6.07) is 9.71. The molecule has 0 saturated heterocycles. The Hall–Kier alpha value is -3.19. The predicted octanol–water partition coefficient (Wildman–Crippen LogP) is 3.27. The zero-order chi connectivity index (χ0) is 19.7. The number of nitrogens with zero attached hydrogens (tertiary/aromatic N) is 3. The highest BCUT2D eigenvalue weighted by Crippen LogP contribution is 2.37. The van der Waals surface area contributed by atoms with Crippen molar-refractivity contribution in [3.05, 3.63) is 53.9 Å². The van der Waals surface area contributed by atoms with E-state index in [0.29, 0.717) is 12.5 Å². The van der Waals surface area contributed by atoms with E-state index in [1.165, 1.54) is 0 Å². The van der Waals surface area contributed by atoms with E-state index in [4.69, 9.17) is 4.74 Å². The Balaban J connectivity index is 1.66. The molecule has 3 heterocycles. The lowest BCUT2D eigenvalue weighted by molar-refractivity contribution is 0.218. The molecule has 7 nitrogen and oxygen atoms in total. The predicted molar refractivity (Wildman–Crippen MR) is 109 cm³/mol. The molecule has 1 aliphatic rings. The number of methoxy groups -OCH3 is 1. The highest BCUT2D eigenvalue weighted by atomic mass is 16.5. The zero-order valence-corrected chi connectivity index (χ0v) is 16.2. The fourth-order valence-corrected chi connectivity index (χ4v) is 3.28. The SMILES string of the molecule is COc1ccc(C)c(Nc2nccc(-c3cnc4c(c3)C(C)(CO)CN4)n2)c1. The van der Waals surface area contributed by atoms with Gasteiger partial charge in [0.2, 0.25) is 5.95 Å². The molecule has 0 fully saturated rings. The summed E-state index contributed by atoms with van der Waals surface area (Å²) in [7, 11) is 1.64. The van der Waals surface area contributed by atoms with Crippen molar-refractivity contribution in [2.45, 2.75) is 19.3 Å². The Bertz CT molecular complexity index is 1020. The number of fused-ring (bicyclic) bond motifs is 1. The van der Waals surface area contributed by atoms with Gasteiger partial charge in [-0.3, -0.25) is 0 Å². The van der Waals surface area contributed by atoms with Crippen LogP contribution >= 0.6 is 0 Å². The minimum Gasteiger partial charge on any atom is -0.497 e. The molecule has 3 aromatic rings. The highest BCUT2D eigenvalue weighted by Gasteiger charge is 2.35. The van der Waals surface area contributed by atoms with Crippen molar-refractivity contribution in [2.24, 2.45) is 0 Å². The minimum atomic E-state index is -0.343. The number of pyridine rings is 1. The molecule has 1 aromatic carbocycles. The Kier molecular flexibility index (Phi) is 4.60. The lowest BCUT2D eigenvalue weighted by Gasteiger charge is -2.20. The van der Waals surface area contributed by atoms with Crippen molar-refractivity contribution in [1.29, 1.82) is 0 Å². The third-order valence-electron chi connectivity index (χ3n) is 5.18. The fourth-order valence-electron chi connectivity index (χ4n) is 3.28. The number of aliphatic hydroxyl groups is 1. The van der Waals surface area contributed by atoms with Crippen LogP contribution in [0.3, 0.4) is 0 Å². The van der Waals surface area contributed by atoms with Crippen LogP contribution in [0.25, 0.3) is 11.3 Å².